The molecule has 0 aliphatic rings. The maximum Gasteiger partial charge on any atom is 0.249 e. The summed E-state index contributed by atoms with van der Waals surface area (Å²) in [5.74, 6) is 0. The van der Waals surface area contributed by atoms with Crippen molar-refractivity contribution < 1.29 is 8.42 Å². The first-order chi connectivity index (χ1) is 8.28. The van der Waals surface area contributed by atoms with Crippen molar-refractivity contribution in [2.24, 2.45) is 10.9 Å². The van der Waals surface area contributed by atoms with E-state index in [-0.39, 0.29) is 9.75 Å². The maximum atomic E-state index is 11.3. The summed E-state index contributed by atoms with van der Waals surface area (Å²) < 4.78 is 22.8. The molecule has 104 valence electrons. The number of anilines is 1. The van der Waals surface area contributed by atoms with Gasteiger partial charge in [0.15, 0.2) is 9.34 Å². The van der Waals surface area contributed by atoms with E-state index in [4.69, 9.17) is 10.9 Å². The first-order valence-electron chi connectivity index (χ1n) is 5.76. The summed E-state index contributed by atoms with van der Waals surface area (Å²) in [5.41, 5.74) is 5.95. The molecule has 0 fully saturated rings. The highest BCUT2D eigenvalue weighted by Gasteiger charge is 2.27. The number of thiazole rings is 1. The molecule has 1 heterocycles. The first-order valence-corrected chi connectivity index (χ1v) is 8.12. The zero-order valence-corrected chi connectivity index (χ0v) is 12.5. The number of aromatic nitrogens is 1. The minimum absolute atomic E-state index is 0.100. The van der Waals surface area contributed by atoms with Gasteiger partial charge in [0, 0.05) is 6.54 Å². The summed E-state index contributed by atoms with van der Waals surface area (Å²) in [7, 11) is -3.70. The zero-order valence-electron chi connectivity index (χ0n) is 10.9. The standard InChI is InChI=1S/C10H20N4O2S2/c1-4-10(5-2,6-11)14-9-13-7(3)8(17-9)18(12,15)16/h4-6,11H2,1-3H3,(H,13,14)(H2,12,15,16). The van der Waals surface area contributed by atoms with E-state index in [0.29, 0.717) is 17.4 Å². The molecule has 6 nitrogen and oxygen atoms in total. The van der Waals surface area contributed by atoms with Crippen molar-refractivity contribution in [1.29, 1.82) is 0 Å². The van der Waals surface area contributed by atoms with Crippen molar-refractivity contribution in [1.82, 2.24) is 4.98 Å². The Morgan fingerprint density at radius 2 is 1.94 bits per heavy atom. The van der Waals surface area contributed by atoms with Crippen molar-refractivity contribution in [3.05, 3.63) is 5.69 Å². The van der Waals surface area contributed by atoms with Crippen molar-refractivity contribution in [2.75, 3.05) is 11.9 Å². The molecule has 0 spiro atoms. The van der Waals surface area contributed by atoms with Crippen LogP contribution in [0.3, 0.4) is 0 Å². The van der Waals surface area contributed by atoms with Crippen LogP contribution in [0.2, 0.25) is 0 Å². The van der Waals surface area contributed by atoms with E-state index in [0.717, 1.165) is 24.2 Å². The molecule has 0 amide bonds. The minimum atomic E-state index is -3.70. The van der Waals surface area contributed by atoms with Crippen molar-refractivity contribution in [3.63, 3.8) is 0 Å². The van der Waals surface area contributed by atoms with Crippen LogP contribution >= 0.6 is 11.3 Å². The molecule has 1 aromatic rings. The predicted octanol–water partition coefficient (Wildman–Crippen LogP) is 1.03. The Labute approximate surface area is 112 Å². The number of primary sulfonamides is 1. The van der Waals surface area contributed by atoms with E-state index < -0.39 is 10.0 Å². The predicted molar refractivity (Wildman–Crippen MR) is 74.2 cm³/mol. The fraction of sp³-hybridized carbons (Fsp3) is 0.700. The summed E-state index contributed by atoms with van der Waals surface area (Å²) in [6, 6.07) is 0. The van der Waals surface area contributed by atoms with Gasteiger partial charge < -0.3 is 11.1 Å². The molecule has 8 heteroatoms. The molecule has 0 saturated carbocycles. The topological polar surface area (TPSA) is 111 Å². The van der Waals surface area contributed by atoms with E-state index in [9.17, 15) is 8.42 Å². The fourth-order valence-corrected chi connectivity index (χ4v) is 3.67. The molecule has 0 aliphatic heterocycles. The number of nitrogens with zero attached hydrogens (tertiary/aromatic N) is 1. The molecule has 5 N–H and O–H groups in total. The smallest absolute Gasteiger partial charge is 0.249 e. The Morgan fingerprint density at radius 3 is 2.28 bits per heavy atom. The lowest BCUT2D eigenvalue weighted by molar-refractivity contribution is 0.445. The number of hydrogen-bond donors (Lipinski definition) is 3. The molecular weight excluding hydrogens is 272 g/mol. The van der Waals surface area contributed by atoms with Gasteiger partial charge in [-0.3, -0.25) is 0 Å². The van der Waals surface area contributed by atoms with Gasteiger partial charge in [-0.2, -0.15) is 0 Å². The van der Waals surface area contributed by atoms with E-state index in [1.807, 2.05) is 13.8 Å². The van der Waals surface area contributed by atoms with Gasteiger partial charge in [-0.05, 0) is 19.8 Å². The van der Waals surface area contributed by atoms with Gasteiger partial charge in [0.25, 0.3) is 0 Å². The van der Waals surface area contributed by atoms with Crippen LogP contribution in [0.15, 0.2) is 4.21 Å². The number of aryl methyl sites for hydroxylation is 1. The monoisotopic (exact) mass is 292 g/mol. The second-order valence-corrected chi connectivity index (χ2v) is 7.01. The van der Waals surface area contributed by atoms with Crippen molar-refractivity contribution >= 4 is 26.5 Å². The molecule has 0 aromatic carbocycles. The highest BCUT2D eigenvalue weighted by molar-refractivity contribution is 7.91. The second kappa shape index (κ2) is 5.52. The number of rotatable bonds is 6. The van der Waals surface area contributed by atoms with Gasteiger partial charge in [-0.25, -0.2) is 18.5 Å². The molecule has 0 aliphatic carbocycles. The summed E-state index contributed by atoms with van der Waals surface area (Å²) in [5, 5.41) is 8.91. The molecule has 1 aromatic heterocycles. The molecule has 0 bridgehead atoms. The van der Waals surface area contributed by atoms with Crippen LogP contribution in [0, 0.1) is 6.92 Å². The van der Waals surface area contributed by atoms with Gasteiger partial charge in [0.05, 0.1) is 11.2 Å². The van der Waals surface area contributed by atoms with Gasteiger partial charge in [-0.15, -0.1) is 0 Å². The molecule has 18 heavy (non-hydrogen) atoms. The maximum absolute atomic E-state index is 11.3. The third-order valence-corrected chi connectivity index (χ3v) is 5.76. The van der Waals surface area contributed by atoms with Gasteiger partial charge in [0.1, 0.15) is 0 Å². The molecule has 0 atom stereocenters. The highest BCUT2D eigenvalue weighted by Crippen LogP contribution is 2.29. The quantitative estimate of drug-likeness (QED) is 0.725. The Kier molecular flexibility index (Phi) is 4.71. The third-order valence-electron chi connectivity index (χ3n) is 3.13. The van der Waals surface area contributed by atoms with Crippen LogP contribution in [0.1, 0.15) is 32.4 Å². The Bertz CT molecular complexity index is 498. The number of hydrogen-bond acceptors (Lipinski definition) is 6. The van der Waals surface area contributed by atoms with Crippen LogP contribution < -0.4 is 16.2 Å². The van der Waals surface area contributed by atoms with Crippen LogP contribution in [0.5, 0.6) is 0 Å². The number of sulfonamides is 1. The largest absolute Gasteiger partial charge is 0.355 e. The van der Waals surface area contributed by atoms with Crippen LogP contribution in [0.4, 0.5) is 5.13 Å². The van der Waals surface area contributed by atoms with Crippen LogP contribution in [-0.2, 0) is 10.0 Å². The number of nitrogens with two attached hydrogens (primary N) is 2. The van der Waals surface area contributed by atoms with Crippen LogP contribution in [-0.4, -0.2) is 25.5 Å². The van der Waals surface area contributed by atoms with E-state index in [1.165, 1.54) is 0 Å². The average Bonchev–Trinajstić information content (AvgIpc) is 2.67. The lowest BCUT2D eigenvalue weighted by Gasteiger charge is -2.31. The summed E-state index contributed by atoms with van der Waals surface area (Å²) in [6.07, 6.45) is 1.67. The molecule has 0 radical (unpaired) electrons. The van der Waals surface area contributed by atoms with E-state index in [2.05, 4.69) is 10.3 Å². The molecule has 0 saturated heterocycles. The molecule has 0 unspecified atom stereocenters. The molecule has 1 rings (SSSR count). The van der Waals surface area contributed by atoms with Crippen molar-refractivity contribution in [3.8, 4) is 0 Å². The number of nitrogens with one attached hydrogen (secondary N) is 1. The van der Waals surface area contributed by atoms with Gasteiger partial charge >= 0.3 is 0 Å². The Balaban J connectivity index is 3.07. The molecular formula is C10H20N4O2S2. The van der Waals surface area contributed by atoms with E-state index in [1.54, 1.807) is 6.92 Å². The highest BCUT2D eigenvalue weighted by atomic mass is 32.2. The van der Waals surface area contributed by atoms with E-state index >= 15 is 0 Å². The Morgan fingerprint density at radius 1 is 1.39 bits per heavy atom. The normalized spacial score (nSPS) is 12.7. The first kappa shape index (κ1) is 15.4. The third kappa shape index (κ3) is 3.19. The Hall–Kier alpha value is -0.700. The average molecular weight is 292 g/mol. The zero-order chi connectivity index (χ0) is 14.0. The van der Waals surface area contributed by atoms with Gasteiger partial charge in [0.2, 0.25) is 10.0 Å². The second-order valence-electron chi connectivity index (χ2n) is 4.25. The summed E-state index contributed by atoms with van der Waals surface area (Å²) in [6.45, 7) is 6.15. The summed E-state index contributed by atoms with van der Waals surface area (Å²) >= 11 is 1.05. The SMILES string of the molecule is CCC(CC)(CN)Nc1nc(C)c(S(N)(=O)=O)s1. The van der Waals surface area contributed by atoms with Gasteiger partial charge in [-0.1, -0.05) is 25.2 Å². The fourth-order valence-electron chi connectivity index (χ4n) is 1.69. The summed E-state index contributed by atoms with van der Waals surface area (Å²) in [4.78, 5) is 4.20. The van der Waals surface area contributed by atoms with Crippen molar-refractivity contribution in [2.45, 2.75) is 43.4 Å². The minimum Gasteiger partial charge on any atom is -0.355 e. The lowest BCUT2D eigenvalue weighted by Crippen LogP contribution is -2.44. The van der Waals surface area contributed by atoms with Crippen LogP contribution in [0.25, 0.3) is 0 Å². The lowest BCUT2D eigenvalue weighted by atomic mass is 9.93.